The van der Waals surface area contributed by atoms with E-state index in [2.05, 4.69) is 26.8 Å². The van der Waals surface area contributed by atoms with Gasteiger partial charge in [-0.1, -0.05) is 37.8 Å². The summed E-state index contributed by atoms with van der Waals surface area (Å²) >= 11 is 0. The molecule has 0 heterocycles. The Morgan fingerprint density at radius 1 is 1.20 bits per heavy atom. The summed E-state index contributed by atoms with van der Waals surface area (Å²) in [6, 6.07) is 0. The van der Waals surface area contributed by atoms with E-state index in [0.717, 1.165) is 0 Å². The maximum absolute atomic E-state index is 2.34. The lowest BCUT2D eigenvalue weighted by molar-refractivity contribution is 0.664. The highest BCUT2D eigenvalue weighted by Gasteiger charge is 2.13. The van der Waals surface area contributed by atoms with Crippen molar-refractivity contribution in [3.63, 3.8) is 0 Å². The van der Waals surface area contributed by atoms with E-state index in [4.69, 9.17) is 0 Å². The summed E-state index contributed by atoms with van der Waals surface area (Å²) < 4.78 is 0. The maximum Gasteiger partial charge on any atom is -0.0274 e. The number of allylic oxidation sites excluding steroid dienone is 4. The Morgan fingerprint density at radius 3 is 2.53 bits per heavy atom. The normalized spacial score (nSPS) is 17.7. The van der Waals surface area contributed by atoms with Crippen LogP contribution in [0.2, 0.25) is 0 Å². The van der Waals surface area contributed by atoms with Crippen molar-refractivity contribution in [2.45, 2.75) is 72.1 Å². The van der Waals surface area contributed by atoms with E-state index in [-0.39, 0.29) is 0 Å². The second-order valence-corrected chi connectivity index (χ2v) is 4.74. The highest BCUT2D eigenvalue weighted by Crippen LogP contribution is 2.33. The van der Waals surface area contributed by atoms with Gasteiger partial charge in [0.25, 0.3) is 0 Å². The summed E-state index contributed by atoms with van der Waals surface area (Å²) in [7, 11) is 0. The molecule has 0 aromatic rings. The quantitative estimate of drug-likeness (QED) is 0.510. The zero-order valence-corrected chi connectivity index (χ0v) is 10.7. The summed E-state index contributed by atoms with van der Waals surface area (Å²) in [6.45, 7) is 6.80. The van der Waals surface area contributed by atoms with Gasteiger partial charge in [0.15, 0.2) is 0 Å². The fourth-order valence-corrected chi connectivity index (χ4v) is 2.54. The second kappa shape index (κ2) is 6.87. The fourth-order valence-electron chi connectivity index (χ4n) is 2.54. The van der Waals surface area contributed by atoms with Crippen LogP contribution in [0.3, 0.4) is 0 Å². The van der Waals surface area contributed by atoms with E-state index in [9.17, 15) is 0 Å². The first-order valence-electron chi connectivity index (χ1n) is 6.63. The number of rotatable bonds is 6. The lowest BCUT2D eigenvalue weighted by Gasteiger charge is -2.09. The summed E-state index contributed by atoms with van der Waals surface area (Å²) in [4.78, 5) is 0. The molecule has 0 heteroatoms. The molecule has 0 fully saturated rings. The van der Waals surface area contributed by atoms with Crippen molar-refractivity contribution in [2.75, 3.05) is 0 Å². The molecule has 15 heavy (non-hydrogen) atoms. The second-order valence-electron chi connectivity index (χ2n) is 4.74. The molecule has 1 aliphatic rings. The molecule has 0 nitrogen and oxygen atoms in total. The van der Waals surface area contributed by atoms with Gasteiger partial charge in [-0.25, -0.2) is 0 Å². The first kappa shape index (κ1) is 12.5. The van der Waals surface area contributed by atoms with Crippen LogP contribution < -0.4 is 0 Å². The van der Waals surface area contributed by atoms with Crippen LogP contribution in [0.4, 0.5) is 0 Å². The van der Waals surface area contributed by atoms with Gasteiger partial charge >= 0.3 is 0 Å². The minimum Gasteiger partial charge on any atom is -0.0842 e. The number of hydrogen-bond acceptors (Lipinski definition) is 0. The Bertz CT molecular complexity index is 243. The molecule has 0 saturated carbocycles. The molecule has 1 aliphatic carbocycles. The van der Waals surface area contributed by atoms with Crippen LogP contribution in [0.5, 0.6) is 0 Å². The molecule has 0 spiro atoms. The van der Waals surface area contributed by atoms with E-state index < -0.39 is 0 Å². The van der Waals surface area contributed by atoms with E-state index in [1.807, 2.05) is 0 Å². The Kier molecular flexibility index (Phi) is 5.75. The van der Waals surface area contributed by atoms with Gasteiger partial charge in [0.1, 0.15) is 0 Å². The fraction of sp³-hybridized carbons (Fsp3) is 0.733. The third kappa shape index (κ3) is 3.85. The van der Waals surface area contributed by atoms with Crippen LogP contribution in [0.15, 0.2) is 22.8 Å². The van der Waals surface area contributed by atoms with E-state index in [0.29, 0.717) is 0 Å². The minimum absolute atomic E-state index is 1.31. The minimum atomic E-state index is 1.31. The van der Waals surface area contributed by atoms with Gasteiger partial charge in [-0.3, -0.25) is 0 Å². The van der Waals surface area contributed by atoms with Gasteiger partial charge in [0, 0.05) is 0 Å². The summed E-state index contributed by atoms with van der Waals surface area (Å²) in [5.41, 5.74) is 4.98. The van der Waals surface area contributed by atoms with Crippen LogP contribution >= 0.6 is 0 Å². The van der Waals surface area contributed by atoms with Gasteiger partial charge < -0.3 is 0 Å². The lowest BCUT2D eigenvalue weighted by Crippen LogP contribution is -1.90. The highest BCUT2D eigenvalue weighted by atomic mass is 14.2. The maximum atomic E-state index is 2.34. The van der Waals surface area contributed by atoms with Crippen molar-refractivity contribution in [3.05, 3.63) is 22.8 Å². The zero-order valence-electron chi connectivity index (χ0n) is 10.7. The average molecular weight is 206 g/mol. The van der Waals surface area contributed by atoms with Crippen LogP contribution in [-0.2, 0) is 0 Å². The van der Waals surface area contributed by atoms with Crippen molar-refractivity contribution in [3.8, 4) is 0 Å². The molecule has 0 unspecified atom stereocenters. The lowest BCUT2D eigenvalue weighted by atomic mass is 9.96. The molecule has 0 N–H and O–H groups in total. The van der Waals surface area contributed by atoms with Crippen molar-refractivity contribution < 1.29 is 0 Å². The molecule has 0 aromatic carbocycles. The van der Waals surface area contributed by atoms with Gasteiger partial charge in [0.05, 0.1) is 0 Å². The Morgan fingerprint density at radius 2 is 2.00 bits per heavy atom. The molecule has 0 aliphatic heterocycles. The zero-order chi connectivity index (χ0) is 11.1. The molecule has 0 radical (unpaired) electrons. The van der Waals surface area contributed by atoms with E-state index >= 15 is 0 Å². The molecule has 0 atom stereocenters. The third-order valence-electron chi connectivity index (χ3n) is 3.53. The molecule has 0 bridgehead atoms. The molecule has 86 valence electrons. The van der Waals surface area contributed by atoms with Crippen molar-refractivity contribution >= 4 is 0 Å². The largest absolute Gasteiger partial charge is 0.0842 e. The predicted molar refractivity (Wildman–Crippen MR) is 69.1 cm³/mol. The summed E-state index contributed by atoms with van der Waals surface area (Å²) in [5.74, 6) is 0. The van der Waals surface area contributed by atoms with Crippen LogP contribution in [-0.4, -0.2) is 0 Å². The Balaban J connectivity index is 2.40. The van der Waals surface area contributed by atoms with Gasteiger partial charge in [-0.2, -0.15) is 0 Å². The SMILES string of the molecule is C/C=C(\CCCCCC)C1=C(C)CCC1. The topological polar surface area (TPSA) is 0 Å². The first-order valence-corrected chi connectivity index (χ1v) is 6.63. The number of hydrogen-bond donors (Lipinski definition) is 0. The highest BCUT2D eigenvalue weighted by molar-refractivity contribution is 5.37. The molecule has 1 rings (SSSR count). The molecule has 0 aromatic heterocycles. The first-order chi connectivity index (χ1) is 7.29. The summed E-state index contributed by atoms with van der Waals surface area (Å²) in [6.07, 6.45) is 13.2. The summed E-state index contributed by atoms with van der Waals surface area (Å²) in [5, 5.41) is 0. The molecular weight excluding hydrogens is 180 g/mol. The Hall–Kier alpha value is -0.520. The third-order valence-corrected chi connectivity index (χ3v) is 3.53. The van der Waals surface area contributed by atoms with Gasteiger partial charge in [0.2, 0.25) is 0 Å². The molecule has 0 amide bonds. The van der Waals surface area contributed by atoms with Crippen molar-refractivity contribution in [2.24, 2.45) is 0 Å². The average Bonchev–Trinajstić information content (AvgIpc) is 2.65. The van der Waals surface area contributed by atoms with E-state index in [1.54, 1.807) is 16.7 Å². The smallest absolute Gasteiger partial charge is 0.0274 e. The van der Waals surface area contributed by atoms with Crippen LogP contribution in [0.1, 0.15) is 72.1 Å². The molecular formula is C15H26. The standard InChI is InChI=1S/C15H26/c1-4-6-7-8-11-14(5-2)15-12-9-10-13(15)3/h5H,4,6-12H2,1-3H3/b14-5+. The van der Waals surface area contributed by atoms with Crippen molar-refractivity contribution in [1.29, 1.82) is 0 Å². The number of unbranched alkanes of at least 4 members (excludes halogenated alkanes) is 3. The van der Waals surface area contributed by atoms with Gasteiger partial charge in [-0.15, -0.1) is 0 Å². The molecule has 0 saturated heterocycles. The predicted octanol–water partition coefficient (Wildman–Crippen LogP) is 5.40. The monoisotopic (exact) mass is 206 g/mol. The van der Waals surface area contributed by atoms with E-state index in [1.165, 1.54) is 51.4 Å². The van der Waals surface area contributed by atoms with Crippen LogP contribution in [0.25, 0.3) is 0 Å². The Labute approximate surface area is 95.5 Å². The van der Waals surface area contributed by atoms with Gasteiger partial charge in [-0.05, 0) is 57.1 Å². The van der Waals surface area contributed by atoms with Crippen molar-refractivity contribution in [1.82, 2.24) is 0 Å². The van der Waals surface area contributed by atoms with Crippen LogP contribution in [0, 0.1) is 0 Å².